The highest BCUT2D eigenvalue weighted by Crippen LogP contribution is 2.66. The Morgan fingerprint density at radius 2 is 1.70 bits per heavy atom. The molecule has 4 aliphatic rings. The Kier molecular flexibility index (Phi) is 3.05. The molecule has 0 amide bonds. The first kappa shape index (κ1) is 13.6. The standard InChI is InChI=1S/C19H32O/c1-18-9-3-4-16(18)15-6-5-13-12-14(20)7-11-19(13,2)17(15)8-10-18/h13-17,20H,3-12H2,1-2H3/t13?,14-,15-,16-,17-,18-,19-/m0/s1. The lowest BCUT2D eigenvalue weighted by atomic mass is 9.45. The van der Waals surface area contributed by atoms with E-state index in [9.17, 15) is 5.11 Å². The van der Waals surface area contributed by atoms with Gasteiger partial charge in [0.05, 0.1) is 6.10 Å². The van der Waals surface area contributed by atoms with Crippen molar-refractivity contribution < 1.29 is 5.11 Å². The first-order chi connectivity index (χ1) is 9.53. The summed E-state index contributed by atoms with van der Waals surface area (Å²) in [6.45, 7) is 5.19. The van der Waals surface area contributed by atoms with Gasteiger partial charge in [0.1, 0.15) is 0 Å². The first-order valence-electron chi connectivity index (χ1n) is 9.21. The average molecular weight is 276 g/mol. The SMILES string of the molecule is C[C@@]12CCC[C@H]1[C@@H]1CCC3C[C@@H](O)CC[C@]3(C)[C@H]1CC2. The van der Waals surface area contributed by atoms with Crippen LogP contribution in [0.4, 0.5) is 0 Å². The highest BCUT2D eigenvalue weighted by atomic mass is 16.3. The second kappa shape index (κ2) is 4.48. The third-order valence-electron chi connectivity index (χ3n) is 8.42. The van der Waals surface area contributed by atoms with E-state index in [1.165, 1.54) is 51.4 Å². The van der Waals surface area contributed by atoms with Crippen LogP contribution >= 0.6 is 0 Å². The number of hydrogen-bond acceptors (Lipinski definition) is 1. The summed E-state index contributed by atoms with van der Waals surface area (Å²) in [6, 6.07) is 0. The van der Waals surface area contributed by atoms with E-state index < -0.39 is 0 Å². The predicted octanol–water partition coefficient (Wildman–Crippen LogP) is 4.78. The van der Waals surface area contributed by atoms with E-state index in [0.29, 0.717) is 10.8 Å². The second-order valence-electron chi connectivity index (χ2n) is 9.17. The summed E-state index contributed by atoms with van der Waals surface area (Å²) in [5.74, 6) is 3.85. The molecule has 0 aromatic carbocycles. The zero-order valence-electron chi connectivity index (χ0n) is 13.4. The van der Waals surface area contributed by atoms with Gasteiger partial charge in [-0.3, -0.25) is 0 Å². The van der Waals surface area contributed by atoms with Crippen LogP contribution in [0.25, 0.3) is 0 Å². The lowest BCUT2D eigenvalue weighted by Gasteiger charge is -2.60. The highest BCUT2D eigenvalue weighted by Gasteiger charge is 2.57. The number of hydrogen-bond donors (Lipinski definition) is 1. The molecule has 1 unspecified atom stereocenters. The van der Waals surface area contributed by atoms with Gasteiger partial charge in [0.25, 0.3) is 0 Å². The van der Waals surface area contributed by atoms with E-state index in [0.717, 1.165) is 36.5 Å². The third kappa shape index (κ3) is 1.77. The lowest BCUT2D eigenvalue weighted by molar-refractivity contribution is -0.120. The van der Waals surface area contributed by atoms with Gasteiger partial charge in [0.2, 0.25) is 0 Å². The molecule has 0 radical (unpaired) electrons. The maximum absolute atomic E-state index is 10.0. The average Bonchev–Trinajstić information content (AvgIpc) is 2.81. The van der Waals surface area contributed by atoms with E-state index in [4.69, 9.17) is 0 Å². The van der Waals surface area contributed by atoms with E-state index in [1.807, 2.05) is 0 Å². The van der Waals surface area contributed by atoms with Crippen molar-refractivity contribution >= 4 is 0 Å². The van der Waals surface area contributed by atoms with Gasteiger partial charge in [-0.15, -0.1) is 0 Å². The van der Waals surface area contributed by atoms with Gasteiger partial charge in [0.15, 0.2) is 0 Å². The molecule has 0 aromatic rings. The summed E-state index contributed by atoms with van der Waals surface area (Å²) in [6.07, 6.45) is 13.8. The molecule has 0 bridgehead atoms. The molecule has 114 valence electrons. The van der Waals surface area contributed by atoms with Gasteiger partial charge < -0.3 is 5.11 Å². The number of aliphatic hydroxyl groups is 1. The van der Waals surface area contributed by atoms with Crippen LogP contribution in [0.15, 0.2) is 0 Å². The minimum Gasteiger partial charge on any atom is -0.393 e. The summed E-state index contributed by atoms with van der Waals surface area (Å²) < 4.78 is 0. The van der Waals surface area contributed by atoms with Crippen LogP contribution in [0.1, 0.15) is 78.1 Å². The fourth-order valence-corrected chi connectivity index (χ4v) is 7.23. The van der Waals surface area contributed by atoms with Crippen molar-refractivity contribution in [3.8, 4) is 0 Å². The molecule has 0 heterocycles. The van der Waals surface area contributed by atoms with Gasteiger partial charge >= 0.3 is 0 Å². The van der Waals surface area contributed by atoms with Gasteiger partial charge in [-0.1, -0.05) is 20.3 Å². The van der Waals surface area contributed by atoms with Crippen LogP contribution in [-0.2, 0) is 0 Å². The van der Waals surface area contributed by atoms with Crippen molar-refractivity contribution in [2.24, 2.45) is 34.5 Å². The Morgan fingerprint density at radius 1 is 0.850 bits per heavy atom. The summed E-state index contributed by atoms with van der Waals surface area (Å²) in [5.41, 5.74) is 1.25. The van der Waals surface area contributed by atoms with Crippen molar-refractivity contribution in [2.45, 2.75) is 84.2 Å². The molecular weight excluding hydrogens is 244 g/mol. The Balaban J connectivity index is 1.62. The minimum atomic E-state index is 0.00459. The van der Waals surface area contributed by atoms with Crippen LogP contribution in [0, 0.1) is 34.5 Å². The minimum absolute atomic E-state index is 0.00459. The number of fused-ring (bicyclic) bond motifs is 5. The molecule has 4 saturated carbocycles. The Labute approximate surface area is 124 Å². The monoisotopic (exact) mass is 276 g/mol. The Hall–Kier alpha value is -0.0400. The summed E-state index contributed by atoms with van der Waals surface area (Å²) in [5, 5.41) is 10.0. The number of rotatable bonds is 0. The lowest BCUT2D eigenvalue weighted by Crippen LogP contribution is -2.53. The second-order valence-corrected chi connectivity index (χ2v) is 9.17. The first-order valence-corrected chi connectivity index (χ1v) is 9.21. The molecule has 0 aromatic heterocycles. The molecule has 1 nitrogen and oxygen atoms in total. The van der Waals surface area contributed by atoms with E-state index in [2.05, 4.69) is 13.8 Å². The predicted molar refractivity (Wildman–Crippen MR) is 82.4 cm³/mol. The molecule has 0 saturated heterocycles. The maximum atomic E-state index is 10.0. The quantitative estimate of drug-likeness (QED) is 0.675. The largest absolute Gasteiger partial charge is 0.393 e. The van der Waals surface area contributed by atoms with Gasteiger partial charge in [0, 0.05) is 0 Å². The van der Waals surface area contributed by atoms with Crippen LogP contribution in [-0.4, -0.2) is 11.2 Å². The van der Waals surface area contributed by atoms with Crippen molar-refractivity contribution in [1.29, 1.82) is 0 Å². The highest BCUT2D eigenvalue weighted by molar-refractivity contribution is 5.07. The summed E-state index contributed by atoms with van der Waals surface area (Å²) in [7, 11) is 0. The van der Waals surface area contributed by atoms with Crippen LogP contribution in [0.5, 0.6) is 0 Å². The number of aliphatic hydroxyl groups excluding tert-OH is 1. The van der Waals surface area contributed by atoms with E-state index >= 15 is 0 Å². The fourth-order valence-electron chi connectivity index (χ4n) is 7.23. The molecule has 4 aliphatic carbocycles. The zero-order chi connectivity index (χ0) is 14.0. The van der Waals surface area contributed by atoms with Crippen LogP contribution < -0.4 is 0 Å². The van der Waals surface area contributed by atoms with Crippen LogP contribution in [0.2, 0.25) is 0 Å². The van der Waals surface area contributed by atoms with Crippen molar-refractivity contribution in [1.82, 2.24) is 0 Å². The third-order valence-corrected chi connectivity index (χ3v) is 8.42. The smallest absolute Gasteiger partial charge is 0.0543 e. The molecule has 4 rings (SSSR count). The summed E-state index contributed by atoms with van der Waals surface area (Å²) >= 11 is 0. The van der Waals surface area contributed by atoms with Crippen molar-refractivity contribution in [2.75, 3.05) is 0 Å². The van der Waals surface area contributed by atoms with Crippen molar-refractivity contribution in [3.05, 3.63) is 0 Å². The van der Waals surface area contributed by atoms with Gasteiger partial charge in [-0.2, -0.15) is 0 Å². The van der Waals surface area contributed by atoms with Gasteiger partial charge in [-0.25, -0.2) is 0 Å². The van der Waals surface area contributed by atoms with E-state index in [-0.39, 0.29) is 6.10 Å². The van der Waals surface area contributed by atoms with Crippen molar-refractivity contribution in [3.63, 3.8) is 0 Å². The zero-order valence-corrected chi connectivity index (χ0v) is 13.4. The fraction of sp³-hybridized carbons (Fsp3) is 1.00. The Bertz CT molecular complexity index is 391. The molecule has 4 fully saturated rings. The molecule has 1 heteroatoms. The molecule has 20 heavy (non-hydrogen) atoms. The topological polar surface area (TPSA) is 20.2 Å². The molecular formula is C19H32O. The van der Waals surface area contributed by atoms with Crippen LogP contribution in [0.3, 0.4) is 0 Å². The molecule has 1 N–H and O–H groups in total. The normalized spacial score (nSPS) is 58.6. The van der Waals surface area contributed by atoms with Gasteiger partial charge in [-0.05, 0) is 92.3 Å². The molecule has 0 spiro atoms. The summed E-state index contributed by atoms with van der Waals surface area (Å²) in [4.78, 5) is 0. The van der Waals surface area contributed by atoms with E-state index in [1.54, 1.807) is 0 Å². The molecule has 0 aliphatic heterocycles. The molecule has 7 atom stereocenters. The maximum Gasteiger partial charge on any atom is 0.0543 e. The Morgan fingerprint density at radius 3 is 2.55 bits per heavy atom.